The summed E-state index contributed by atoms with van der Waals surface area (Å²) < 4.78 is 35.6. The maximum absolute atomic E-state index is 12.8. The fourth-order valence-corrected chi connectivity index (χ4v) is 4.75. The minimum Gasteiger partial charge on any atom is -0.385 e. The van der Waals surface area contributed by atoms with E-state index in [0.29, 0.717) is 39.1 Å². The molecule has 3 amide bonds. The number of nitrogens with zero attached hydrogens (tertiary/aromatic N) is 2. The number of hydrogen-bond acceptors (Lipinski definition) is 7. The van der Waals surface area contributed by atoms with Crippen molar-refractivity contribution in [1.29, 1.82) is 0 Å². The van der Waals surface area contributed by atoms with Gasteiger partial charge in [0.1, 0.15) is 0 Å². The number of hydrogen-bond donors (Lipinski definition) is 2. The molecule has 0 bridgehead atoms. The first-order valence-electron chi connectivity index (χ1n) is 8.69. The van der Waals surface area contributed by atoms with Gasteiger partial charge in [0.25, 0.3) is 5.91 Å². The Hall–Kier alpha value is -1.43. The Labute approximate surface area is 154 Å². The van der Waals surface area contributed by atoms with E-state index in [4.69, 9.17) is 9.47 Å². The van der Waals surface area contributed by atoms with E-state index in [1.807, 2.05) is 4.90 Å². The molecule has 0 aromatic heterocycles. The summed E-state index contributed by atoms with van der Waals surface area (Å²) in [6.45, 7) is 2.05. The maximum Gasteiger partial charge on any atom is 0.315 e. The van der Waals surface area contributed by atoms with Gasteiger partial charge in [0.2, 0.25) is 10.0 Å². The molecule has 26 heavy (non-hydrogen) atoms. The predicted molar refractivity (Wildman–Crippen MR) is 94.2 cm³/mol. The topological polar surface area (TPSA) is 117 Å². The lowest BCUT2D eigenvalue weighted by atomic mass is 10.1. The van der Waals surface area contributed by atoms with Crippen LogP contribution in [0.3, 0.4) is 0 Å². The highest BCUT2D eigenvalue weighted by Gasteiger charge is 2.45. The van der Waals surface area contributed by atoms with Crippen LogP contribution < -0.4 is 10.6 Å². The van der Waals surface area contributed by atoms with E-state index in [1.54, 1.807) is 7.11 Å². The number of urea groups is 1. The number of carbonyl (C=O) groups excluding carboxylic acids is 2. The molecule has 2 N–H and O–H groups in total. The quantitative estimate of drug-likeness (QED) is 0.487. The van der Waals surface area contributed by atoms with Crippen molar-refractivity contribution in [2.75, 3.05) is 59.4 Å². The third kappa shape index (κ3) is 5.29. The Balaban J connectivity index is 1.97. The summed E-state index contributed by atoms with van der Waals surface area (Å²) in [7, 11) is -0.530. The van der Waals surface area contributed by atoms with Gasteiger partial charge in [-0.05, 0) is 12.8 Å². The van der Waals surface area contributed by atoms with Gasteiger partial charge in [-0.15, -0.1) is 0 Å². The van der Waals surface area contributed by atoms with Gasteiger partial charge in [0, 0.05) is 53.0 Å². The summed E-state index contributed by atoms with van der Waals surface area (Å²) in [5.74, 6) is -0.516. The monoisotopic (exact) mass is 392 g/mol. The number of carbonyl (C=O) groups is 2. The maximum atomic E-state index is 12.8. The molecule has 2 saturated heterocycles. The van der Waals surface area contributed by atoms with Crippen molar-refractivity contribution in [2.24, 2.45) is 0 Å². The number of sulfonamides is 1. The molecule has 0 aliphatic carbocycles. The van der Waals surface area contributed by atoms with E-state index in [1.165, 1.54) is 7.11 Å². The number of fused-ring (bicyclic) bond motifs is 1. The van der Waals surface area contributed by atoms with Crippen molar-refractivity contribution in [3.63, 3.8) is 0 Å². The average Bonchev–Trinajstić information content (AvgIpc) is 2.96. The van der Waals surface area contributed by atoms with Crippen LogP contribution in [0.2, 0.25) is 0 Å². The van der Waals surface area contributed by atoms with Gasteiger partial charge in [0.15, 0.2) is 0 Å². The predicted octanol–water partition coefficient (Wildman–Crippen LogP) is -1.42. The zero-order valence-electron chi connectivity index (χ0n) is 15.3. The second-order valence-corrected chi connectivity index (χ2v) is 8.42. The highest BCUT2D eigenvalue weighted by molar-refractivity contribution is 7.89. The number of amides is 3. The fraction of sp³-hybridized carbons (Fsp3) is 0.867. The van der Waals surface area contributed by atoms with E-state index in [2.05, 4.69) is 10.6 Å². The van der Waals surface area contributed by atoms with E-state index >= 15 is 0 Å². The van der Waals surface area contributed by atoms with Crippen LogP contribution in [-0.4, -0.2) is 101 Å². The van der Waals surface area contributed by atoms with Crippen LogP contribution in [-0.2, 0) is 24.3 Å². The zero-order valence-corrected chi connectivity index (χ0v) is 16.1. The van der Waals surface area contributed by atoms with Crippen molar-refractivity contribution in [1.82, 2.24) is 19.8 Å². The van der Waals surface area contributed by atoms with Crippen LogP contribution in [0.25, 0.3) is 0 Å². The number of rotatable bonds is 8. The minimum atomic E-state index is -3.61. The summed E-state index contributed by atoms with van der Waals surface area (Å²) in [6.07, 6.45) is 0.852. The number of ether oxygens (including phenoxy) is 2. The van der Waals surface area contributed by atoms with Crippen molar-refractivity contribution >= 4 is 22.0 Å². The summed E-state index contributed by atoms with van der Waals surface area (Å²) in [4.78, 5) is 26.5. The zero-order chi connectivity index (χ0) is 19.2. The number of methoxy groups -OCH3 is 2. The molecule has 2 aliphatic heterocycles. The van der Waals surface area contributed by atoms with Crippen molar-refractivity contribution in [3.05, 3.63) is 0 Å². The molecule has 2 atom stereocenters. The molecule has 0 spiro atoms. The Morgan fingerprint density at radius 2 is 2.00 bits per heavy atom. The third-order valence-corrected chi connectivity index (χ3v) is 6.28. The molecule has 0 radical (unpaired) electrons. The molecular formula is C15H28N4O6S. The van der Waals surface area contributed by atoms with Crippen LogP contribution >= 0.6 is 0 Å². The largest absolute Gasteiger partial charge is 0.385 e. The smallest absolute Gasteiger partial charge is 0.315 e. The van der Waals surface area contributed by atoms with Crippen LogP contribution in [0.5, 0.6) is 0 Å². The standard InChI is InChI=1S/C15H28N4O6S/c1-24-7-3-5-19-14(20)13-10-12(17-15(21)16-4-8-25-2)11-18(13)6-9-26(19,22)23/h12-13H,3-11H2,1-2H3,(H2,16,17,21)/t12-,13-/m0/s1. The molecule has 0 aromatic carbocycles. The van der Waals surface area contributed by atoms with E-state index in [9.17, 15) is 18.0 Å². The highest BCUT2D eigenvalue weighted by atomic mass is 32.2. The van der Waals surface area contributed by atoms with Gasteiger partial charge >= 0.3 is 6.03 Å². The van der Waals surface area contributed by atoms with Gasteiger partial charge in [-0.25, -0.2) is 17.5 Å². The van der Waals surface area contributed by atoms with Crippen LogP contribution in [0, 0.1) is 0 Å². The van der Waals surface area contributed by atoms with Gasteiger partial charge in [-0.3, -0.25) is 9.69 Å². The van der Waals surface area contributed by atoms with Gasteiger partial charge in [0.05, 0.1) is 18.4 Å². The van der Waals surface area contributed by atoms with Gasteiger partial charge < -0.3 is 20.1 Å². The van der Waals surface area contributed by atoms with Gasteiger partial charge in [-0.2, -0.15) is 0 Å². The van der Waals surface area contributed by atoms with Crippen LogP contribution in [0.1, 0.15) is 12.8 Å². The molecule has 150 valence electrons. The van der Waals surface area contributed by atoms with Crippen LogP contribution in [0.15, 0.2) is 0 Å². The number of nitrogens with one attached hydrogen (secondary N) is 2. The second-order valence-electron chi connectivity index (χ2n) is 6.41. The summed E-state index contributed by atoms with van der Waals surface area (Å²) in [5, 5.41) is 5.51. The van der Waals surface area contributed by atoms with Gasteiger partial charge in [-0.1, -0.05) is 0 Å². The molecule has 2 fully saturated rings. The Bertz CT molecular complexity index is 599. The normalized spacial score (nSPS) is 25.6. The van der Waals surface area contributed by atoms with Crippen molar-refractivity contribution in [2.45, 2.75) is 24.9 Å². The first kappa shape index (κ1) is 20.9. The molecule has 2 aliphatic rings. The molecule has 10 nitrogen and oxygen atoms in total. The third-order valence-electron chi connectivity index (χ3n) is 4.54. The second kappa shape index (κ2) is 9.49. The SMILES string of the molecule is COCCCN1C(=O)[C@@H]2C[C@H](NC(=O)NCCOC)CN2CCS1(=O)=O. The molecule has 11 heteroatoms. The van der Waals surface area contributed by atoms with Crippen molar-refractivity contribution in [3.8, 4) is 0 Å². The summed E-state index contributed by atoms with van der Waals surface area (Å²) in [5.41, 5.74) is 0. The summed E-state index contributed by atoms with van der Waals surface area (Å²) in [6, 6.07) is -1.05. The Kier molecular flexibility index (Phi) is 7.62. The average molecular weight is 392 g/mol. The fourth-order valence-electron chi connectivity index (χ4n) is 3.26. The molecule has 0 unspecified atom stereocenters. The molecule has 2 heterocycles. The Morgan fingerprint density at radius 3 is 2.69 bits per heavy atom. The van der Waals surface area contributed by atoms with E-state index in [0.717, 1.165) is 4.31 Å². The molecule has 0 saturated carbocycles. The Morgan fingerprint density at radius 1 is 1.27 bits per heavy atom. The first-order valence-corrected chi connectivity index (χ1v) is 10.3. The molecule has 2 rings (SSSR count). The first-order chi connectivity index (χ1) is 12.4. The van der Waals surface area contributed by atoms with Crippen LogP contribution in [0.4, 0.5) is 4.79 Å². The molecule has 0 aromatic rings. The lowest BCUT2D eigenvalue weighted by Crippen LogP contribution is -2.45. The van der Waals surface area contributed by atoms with E-state index in [-0.39, 0.29) is 30.9 Å². The highest BCUT2D eigenvalue weighted by Crippen LogP contribution is 2.24. The summed E-state index contributed by atoms with van der Waals surface area (Å²) >= 11 is 0. The lowest BCUT2D eigenvalue weighted by molar-refractivity contribution is -0.130. The van der Waals surface area contributed by atoms with E-state index < -0.39 is 22.0 Å². The lowest BCUT2D eigenvalue weighted by Gasteiger charge is -2.23. The van der Waals surface area contributed by atoms with Crippen molar-refractivity contribution < 1.29 is 27.5 Å². The molecular weight excluding hydrogens is 364 g/mol. The minimum absolute atomic E-state index is 0.102.